The van der Waals surface area contributed by atoms with Gasteiger partial charge in [0.15, 0.2) is 0 Å². The fourth-order valence-electron chi connectivity index (χ4n) is 1.51. The van der Waals surface area contributed by atoms with Crippen LogP contribution in [0.15, 0.2) is 12.2 Å². The van der Waals surface area contributed by atoms with Crippen molar-refractivity contribution in [1.29, 1.82) is 0 Å². The highest BCUT2D eigenvalue weighted by atomic mass is 16.5. The number of hydrogen-bond acceptors (Lipinski definition) is 4. The average Bonchev–Trinajstić information content (AvgIpc) is 2.29. The van der Waals surface area contributed by atoms with Gasteiger partial charge in [0, 0.05) is 6.61 Å². The van der Waals surface area contributed by atoms with Crippen LogP contribution in [0.25, 0.3) is 0 Å². The molecule has 2 N–H and O–H groups in total. The minimum Gasteiger partial charge on any atom is -0.469 e. The predicted molar refractivity (Wildman–Crippen MR) is 61.9 cm³/mol. The fourth-order valence-corrected chi connectivity index (χ4v) is 1.51. The Hall–Kier alpha value is -0.870. The first-order valence-corrected chi connectivity index (χ1v) is 5.65. The molecule has 0 saturated carbocycles. The lowest BCUT2D eigenvalue weighted by Crippen LogP contribution is -2.29. The van der Waals surface area contributed by atoms with Gasteiger partial charge >= 0.3 is 5.97 Å². The molecule has 0 bridgehead atoms. The summed E-state index contributed by atoms with van der Waals surface area (Å²) in [6.07, 6.45) is 5.35. The van der Waals surface area contributed by atoms with Gasteiger partial charge in [0.05, 0.1) is 19.1 Å². The standard InChI is InChI=1S/C12H22O4/c1-3-4-7-10(12(15)16-2)11(14)8-5-6-9-13/h3-4,10-11,13-14H,5-9H2,1-2H3/b4-3+/t10-,11+/m0/s1. The molecule has 2 atom stereocenters. The molecule has 0 aromatic heterocycles. The van der Waals surface area contributed by atoms with E-state index in [1.54, 1.807) is 0 Å². The summed E-state index contributed by atoms with van der Waals surface area (Å²) in [6.45, 7) is 1.98. The summed E-state index contributed by atoms with van der Waals surface area (Å²) in [5, 5.41) is 18.5. The number of methoxy groups -OCH3 is 1. The van der Waals surface area contributed by atoms with Crippen LogP contribution in [-0.4, -0.2) is 36.0 Å². The molecule has 0 fully saturated rings. The van der Waals surface area contributed by atoms with Gasteiger partial charge in [-0.05, 0) is 32.6 Å². The summed E-state index contributed by atoms with van der Waals surface area (Å²) in [5.74, 6) is -0.880. The highest BCUT2D eigenvalue weighted by Crippen LogP contribution is 2.17. The normalized spacial score (nSPS) is 15.0. The third-order valence-corrected chi connectivity index (χ3v) is 2.50. The molecule has 16 heavy (non-hydrogen) atoms. The smallest absolute Gasteiger partial charge is 0.311 e. The Balaban J connectivity index is 4.20. The van der Waals surface area contributed by atoms with Gasteiger partial charge < -0.3 is 14.9 Å². The lowest BCUT2D eigenvalue weighted by molar-refractivity contribution is -0.149. The van der Waals surface area contributed by atoms with Gasteiger partial charge in [-0.15, -0.1) is 0 Å². The molecule has 4 heteroatoms. The van der Waals surface area contributed by atoms with Gasteiger partial charge in [0.2, 0.25) is 0 Å². The van der Waals surface area contributed by atoms with Crippen LogP contribution in [0.3, 0.4) is 0 Å². The van der Waals surface area contributed by atoms with Gasteiger partial charge in [-0.3, -0.25) is 4.79 Å². The largest absolute Gasteiger partial charge is 0.469 e. The van der Waals surface area contributed by atoms with E-state index < -0.39 is 12.0 Å². The number of carbonyl (C=O) groups is 1. The minimum absolute atomic E-state index is 0.116. The SMILES string of the molecule is C/C=C/C[C@H](C(=O)OC)[C@H](O)CCCCO. The zero-order valence-electron chi connectivity index (χ0n) is 10.1. The number of aliphatic hydroxyl groups excluding tert-OH is 2. The second-order valence-corrected chi connectivity index (χ2v) is 3.72. The fraction of sp³-hybridized carbons (Fsp3) is 0.750. The molecule has 0 aliphatic rings. The van der Waals surface area contributed by atoms with Crippen LogP contribution in [0.1, 0.15) is 32.6 Å². The molecule has 0 aromatic carbocycles. The zero-order valence-corrected chi connectivity index (χ0v) is 10.1. The van der Waals surface area contributed by atoms with Crippen LogP contribution < -0.4 is 0 Å². The summed E-state index contributed by atoms with van der Waals surface area (Å²) < 4.78 is 4.65. The van der Waals surface area contributed by atoms with Gasteiger partial charge in [-0.1, -0.05) is 12.2 Å². The number of unbranched alkanes of at least 4 members (excludes halogenated alkanes) is 1. The third-order valence-electron chi connectivity index (χ3n) is 2.50. The van der Waals surface area contributed by atoms with E-state index in [4.69, 9.17) is 5.11 Å². The summed E-state index contributed by atoms with van der Waals surface area (Å²) >= 11 is 0. The van der Waals surface area contributed by atoms with Crippen LogP contribution in [-0.2, 0) is 9.53 Å². The molecule has 0 spiro atoms. The monoisotopic (exact) mass is 230 g/mol. The van der Waals surface area contributed by atoms with Crippen molar-refractivity contribution in [1.82, 2.24) is 0 Å². The van der Waals surface area contributed by atoms with Crippen LogP contribution in [0.4, 0.5) is 0 Å². The Morgan fingerprint density at radius 3 is 2.62 bits per heavy atom. The number of hydrogen-bond donors (Lipinski definition) is 2. The molecule has 4 nitrogen and oxygen atoms in total. The summed E-state index contributed by atoms with van der Waals surface area (Å²) in [7, 11) is 1.32. The van der Waals surface area contributed by atoms with Crippen molar-refractivity contribution in [2.24, 2.45) is 5.92 Å². The predicted octanol–water partition coefficient (Wildman–Crippen LogP) is 1.27. The van der Waals surface area contributed by atoms with Crippen molar-refractivity contribution in [2.75, 3.05) is 13.7 Å². The molecule has 0 heterocycles. The van der Waals surface area contributed by atoms with Crippen LogP contribution in [0.5, 0.6) is 0 Å². The van der Waals surface area contributed by atoms with Crippen molar-refractivity contribution in [2.45, 2.75) is 38.7 Å². The molecular weight excluding hydrogens is 208 g/mol. The molecule has 0 saturated heterocycles. The Morgan fingerprint density at radius 1 is 1.44 bits per heavy atom. The molecule has 0 radical (unpaired) electrons. The van der Waals surface area contributed by atoms with Crippen molar-refractivity contribution in [3.05, 3.63) is 12.2 Å². The lowest BCUT2D eigenvalue weighted by atomic mass is 9.94. The molecule has 0 unspecified atom stereocenters. The highest BCUT2D eigenvalue weighted by Gasteiger charge is 2.25. The number of allylic oxidation sites excluding steroid dienone is 2. The van der Waals surface area contributed by atoms with E-state index >= 15 is 0 Å². The number of rotatable bonds is 8. The molecule has 94 valence electrons. The van der Waals surface area contributed by atoms with E-state index in [0.717, 1.165) is 0 Å². The molecular formula is C12H22O4. The Morgan fingerprint density at radius 2 is 2.12 bits per heavy atom. The van der Waals surface area contributed by atoms with E-state index in [-0.39, 0.29) is 12.6 Å². The first-order valence-electron chi connectivity index (χ1n) is 5.65. The van der Waals surface area contributed by atoms with Crippen molar-refractivity contribution < 1.29 is 19.7 Å². The number of carbonyl (C=O) groups excluding carboxylic acids is 1. The average molecular weight is 230 g/mol. The molecule has 0 aliphatic carbocycles. The topological polar surface area (TPSA) is 66.8 Å². The highest BCUT2D eigenvalue weighted by molar-refractivity contribution is 5.73. The van der Waals surface area contributed by atoms with Crippen molar-refractivity contribution in [3.63, 3.8) is 0 Å². The maximum atomic E-state index is 11.4. The summed E-state index contributed by atoms with van der Waals surface area (Å²) in [6, 6.07) is 0. The van der Waals surface area contributed by atoms with Gasteiger partial charge in [-0.25, -0.2) is 0 Å². The van der Waals surface area contributed by atoms with Gasteiger partial charge in [0.1, 0.15) is 0 Å². The van der Waals surface area contributed by atoms with E-state index in [1.165, 1.54) is 7.11 Å². The molecule has 0 amide bonds. The lowest BCUT2D eigenvalue weighted by Gasteiger charge is -2.19. The zero-order chi connectivity index (χ0) is 12.4. The van der Waals surface area contributed by atoms with Crippen LogP contribution in [0.2, 0.25) is 0 Å². The quantitative estimate of drug-likeness (QED) is 0.374. The number of esters is 1. The Kier molecular flexibility index (Phi) is 8.85. The number of aliphatic hydroxyl groups is 2. The maximum Gasteiger partial charge on any atom is 0.311 e. The van der Waals surface area contributed by atoms with E-state index in [2.05, 4.69) is 4.74 Å². The van der Waals surface area contributed by atoms with Gasteiger partial charge in [-0.2, -0.15) is 0 Å². The molecule has 0 rings (SSSR count). The summed E-state index contributed by atoms with van der Waals surface area (Å²) in [5.41, 5.74) is 0. The number of ether oxygens (including phenoxy) is 1. The molecule has 0 aliphatic heterocycles. The van der Waals surface area contributed by atoms with E-state index in [1.807, 2.05) is 19.1 Å². The maximum absolute atomic E-state index is 11.4. The summed E-state index contributed by atoms with van der Waals surface area (Å²) in [4.78, 5) is 11.4. The minimum atomic E-state index is -0.699. The van der Waals surface area contributed by atoms with Crippen LogP contribution in [0, 0.1) is 5.92 Å². The third kappa shape index (κ3) is 5.88. The second kappa shape index (κ2) is 9.36. The Labute approximate surface area is 96.9 Å². The first kappa shape index (κ1) is 15.1. The van der Waals surface area contributed by atoms with E-state index in [9.17, 15) is 9.90 Å². The van der Waals surface area contributed by atoms with Crippen molar-refractivity contribution in [3.8, 4) is 0 Å². The first-order chi connectivity index (χ1) is 7.67. The van der Waals surface area contributed by atoms with E-state index in [0.29, 0.717) is 25.7 Å². The Bertz CT molecular complexity index is 213. The molecule has 0 aromatic rings. The van der Waals surface area contributed by atoms with Crippen LogP contribution >= 0.6 is 0 Å². The van der Waals surface area contributed by atoms with Crippen molar-refractivity contribution >= 4 is 5.97 Å². The van der Waals surface area contributed by atoms with Gasteiger partial charge in [0.25, 0.3) is 0 Å². The second-order valence-electron chi connectivity index (χ2n) is 3.72.